The Morgan fingerprint density at radius 2 is 1.98 bits per heavy atom. The molecule has 0 bridgehead atoms. The lowest BCUT2D eigenvalue weighted by molar-refractivity contribution is -0.305. The first-order valence-electron chi connectivity index (χ1n) is 16.5. The van der Waals surface area contributed by atoms with Crippen LogP contribution in [-0.4, -0.2) is 102 Å². The third-order valence-corrected chi connectivity index (χ3v) is 11.5. The van der Waals surface area contributed by atoms with Crippen molar-refractivity contribution < 1.29 is 31.7 Å². The third kappa shape index (κ3) is 4.63. The predicted molar refractivity (Wildman–Crippen MR) is 170 cm³/mol. The highest BCUT2D eigenvalue weighted by Crippen LogP contribution is 2.51. The van der Waals surface area contributed by atoms with Crippen molar-refractivity contribution in [1.82, 2.24) is 25.0 Å². The van der Waals surface area contributed by atoms with Crippen LogP contribution in [0, 0.1) is 17.8 Å². The van der Waals surface area contributed by atoms with Gasteiger partial charge in [0.25, 0.3) is 21.9 Å². The van der Waals surface area contributed by atoms with Gasteiger partial charge in [0.15, 0.2) is 0 Å². The fourth-order valence-electron chi connectivity index (χ4n) is 8.93. The number of carbonyl (C=O) groups is 3. The topological polar surface area (TPSA) is 141 Å². The average molecular weight is 656 g/mol. The standard InChI is InChI=1S/C33H45N5O7S/c1-18(2)13-26-30(40)37-12-8-11-27(37)33(45-46(6,42)43)38(26)31(41)32(44-33,19(3)4)35-29(39)21-14-23-22-9-7-10-24-28(22)20(16-34-24)15-25(23)36(5)17-21/h7,9-10,16,18-19,21,23,25-27,34H,8,11-15,17H2,1-6H3,(H,35,39)/t21-,23?,25-,26+,27+,32-,33-/m1/s1. The number of fused-ring (bicyclic) bond motifs is 5. The van der Waals surface area contributed by atoms with Crippen molar-refractivity contribution in [3.8, 4) is 0 Å². The van der Waals surface area contributed by atoms with Crippen LogP contribution >= 0.6 is 0 Å². The molecule has 1 unspecified atom stereocenters. The minimum atomic E-state index is -4.18. The number of piperazine rings is 1. The number of aromatic amines is 1. The van der Waals surface area contributed by atoms with E-state index in [9.17, 15) is 22.8 Å². The van der Waals surface area contributed by atoms with Gasteiger partial charge in [-0.05, 0) is 62.3 Å². The van der Waals surface area contributed by atoms with Crippen molar-refractivity contribution in [2.45, 2.75) is 95.5 Å². The number of nitrogens with one attached hydrogen (secondary N) is 2. The Morgan fingerprint density at radius 1 is 1.22 bits per heavy atom. The number of carbonyl (C=O) groups excluding carboxylic acids is 3. The number of likely N-dealkylation sites (tertiary alicyclic amines) is 1. The molecule has 1 aliphatic carbocycles. The number of benzene rings is 1. The lowest BCUT2D eigenvalue weighted by Crippen LogP contribution is -2.72. The van der Waals surface area contributed by atoms with Gasteiger partial charge in [-0.15, -0.1) is 0 Å². The third-order valence-electron chi connectivity index (χ3n) is 10.9. The number of amides is 3. The van der Waals surface area contributed by atoms with Crippen LogP contribution in [0.15, 0.2) is 24.4 Å². The summed E-state index contributed by atoms with van der Waals surface area (Å²) >= 11 is 0. The van der Waals surface area contributed by atoms with Crippen molar-refractivity contribution in [3.05, 3.63) is 35.5 Å². The number of rotatable bonds is 7. The molecule has 1 aromatic heterocycles. The van der Waals surface area contributed by atoms with Gasteiger partial charge in [-0.1, -0.05) is 39.8 Å². The van der Waals surface area contributed by atoms with Crippen molar-refractivity contribution in [2.75, 3.05) is 26.4 Å². The Hall–Kier alpha value is -3.00. The van der Waals surface area contributed by atoms with Crippen LogP contribution < -0.4 is 5.32 Å². The van der Waals surface area contributed by atoms with Gasteiger partial charge in [-0.3, -0.25) is 24.0 Å². The van der Waals surface area contributed by atoms with E-state index in [1.807, 2.05) is 27.0 Å². The van der Waals surface area contributed by atoms with Crippen LogP contribution in [0.4, 0.5) is 0 Å². The lowest BCUT2D eigenvalue weighted by Gasteiger charge is -2.50. The SMILES string of the molecule is CC(C)C[C@H]1C(=O)N2CCC[C@H]2[C@]2(OS(C)(=O)=O)O[C@](NC(=O)[C@@H]3CC4c5cccc6[nH]cc(c56)C[C@H]4N(C)C3)(C(C)C)C(=O)N12. The maximum absolute atomic E-state index is 14.8. The summed E-state index contributed by atoms with van der Waals surface area (Å²) in [7, 11) is -2.14. The van der Waals surface area contributed by atoms with Crippen molar-refractivity contribution >= 4 is 38.7 Å². The molecule has 4 saturated heterocycles. The van der Waals surface area contributed by atoms with Crippen molar-refractivity contribution in [3.63, 3.8) is 0 Å². The summed E-state index contributed by atoms with van der Waals surface area (Å²) in [6, 6.07) is 4.66. The molecule has 4 aliphatic heterocycles. The first-order valence-corrected chi connectivity index (χ1v) is 18.3. The molecule has 2 N–H and O–H groups in total. The molecule has 5 heterocycles. The summed E-state index contributed by atoms with van der Waals surface area (Å²) in [5.41, 5.74) is 1.65. The van der Waals surface area contributed by atoms with Crippen molar-refractivity contribution in [2.24, 2.45) is 17.8 Å². The molecule has 0 saturated carbocycles. The molecule has 7 atom stereocenters. The molecule has 12 nitrogen and oxygen atoms in total. The maximum atomic E-state index is 14.8. The highest BCUT2D eigenvalue weighted by atomic mass is 32.2. The van der Waals surface area contributed by atoms with Gasteiger partial charge in [0.1, 0.15) is 12.1 Å². The molecule has 0 spiro atoms. The summed E-state index contributed by atoms with van der Waals surface area (Å²) in [5.74, 6) is -4.29. The second-order valence-electron chi connectivity index (χ2n) is 14.7. The van der Waals surface area contributed by atoms with E-state index >= 15 is 0 Å². The average Bonchev–Trinajstić information content (AvgIpc) is 3.68. The minimum absolute atomic E-state index is 0.00619. The van der Waals surface area contributed by atoms with Crippen LogP contribution in [0.5, 0.6) is 0 Å². The van der Waals surface area contributed by atoms with Crippen LogP contribution in [0.2, 0.25) is 0 Å². The van der Waals surface area contributed by atoms with Gasteiger partial charge in [0.2, 0.25) is 17.5 Å². The van der Waals surface area contributed by atoms with Gasteiger partial charge < -0.3 is 20.1 Å². The first-order chi connectivity index (χ1) is 21.7. The van der Waals surface area contributed by atoms with Crippen LogP contribution in [0.25, 0.3) is 10.9 Å². The Bertz CT molecular complexity index is 1710. The van der Waals surface area contributed by atoms with Crippen LogP contribution in [0.3, 0.4) is 0 Å². The Balaban J connectivity index is 1.26. The highest BCUT2D eigenvalue weighted by molar-refractivity contribution is 7.86. The van der Waals surface area contributed by atoms with Gasteiger partial charge in [-0.2, -0.15) is 8.42 Å². The van der Waals surface area contributed by atoms with Gasteiger partial charge in [0.05, 0.1) is 12.2 Å². The fraction of sp³-hybridized carbons (Fsp3) is 0.667. The monoisotopic (exact) mass is 655 g/mol. The van der Waals surface area contributed by atoms with E-state index in [0.29, 0.717) is 32.4 Å². The van der Waals surface area contributed by atoms with Crippen LogP contribution in [-0.2, 0) is 39.8 Å². The van der Waals surface area contributed by atoms with E-state index < -0.39 is 51.6 Å². The number of ether oxygens (including phenoxy) is 1. The second kappa shape index (κ2) is 10.8. The maximum Gasteiger partial charge on any atom is 0.294 e. The molecule has 5 aliphatic rings. The van der Waals surface area contributed by atoms with E-state index in [1.165, 1.54) is 21.4 Å². The molecule has 1 aromatic carbocycles. The molecule has 0 radical (unpaired) electrons. The predicted octanol–water partition coefficient (Wildman–Crippen LogP) is 2.50. The van der Waals surface area contributed by atoms with E-state index in [-0.39, 0.29) is 36.1 Å². The number of nitrogens with zero attached hydrogens (tertiary/aromatic N) is 3. The smallest absolute Gasteiger partial charge is 0.294 e. The minimum Gasteiger partial charge on any atom is -0.361 e. The molecule has 7 rings (SSSR count). The number of aromatic nitrogens is 1. The van der Waals surface area contributed by atoms with Crippen LogP contribution in [0.1, 0.15) is 70.4 Å². The van der Waals surface area contributed by atoms with Gasteiger partial charge in [0, 0.05) is 48.1 Å². The van der Waals surface area contributed by atoms with Gasteiger partial charge in [-0.25, -0.2) is 4.18 Å². The molecule has 250 valence electrons. The largest absolute Gasteiger partial charge is 0.361 e. The summed E-state index contributed by atoms with van der Waals surface area (Å²) in [4.78, 5) is 51.5. The van der Waals surface area contributed by atoms with E-state index in [1.54, 1.807) is 18.7 Å². The number of hydrogen-bond donors (Lipinski definition) is 2. The lowest BCUT2D eigenvalue weighted by atomic mass is 9.72. The second-order valence-corrected chi connectivity index (χ2v) is 16.3. The zero-order valence-electron chi connectivity index (χ0n) is 27.4. The first kappa shape index (κ1) is 31.6. The highest BCUT2D eigenvalue weighted by Gasteiger charge is 2.74. The molecule has 3 amide bonds. The Morgan fingerprint density at radius 3 is 2.67 bits per heavy atom. The number of hydrogen-bond acceptors (Lipinski definition) is 8. The van der Waals surface area contributed by atoms with Gasteiger partial charge >= 0.3 is 0 Å². The quantitative estimate of drug-likeness (QED) is 0.434. The normalized spacial score (nSPS) is 34.4. The number of likely N-dealkylation sites (N-methyl/N-ethyl adjacent to an activating group) is 1. The van der Waals surface area contributed by atoms with E-state index in [4.69, 9.17) is 8.92 Å². The Kier molecular flexibility index (Phi) is 7.39. The number of piperidine rings is 1. The Labute approximate surface area is 270 Å². The summed E-state index contributed by atoms with van der Waals surface area (Å²) in [6.07, 6.45) is 5.77. The molecule has 46 heavy (non-hydrogen) atoms. The fourth-order valence-corrected chi connectivity index (χ4v) is 9.59. The number of H-pyrrole nitrogens is 1. The summed E-state index contributed by atoms with van der Waals surface area (Å²) in [6.45, 7) is 8.30. The molecular weight excluding hydrogens is 610 g/mol. The summed E-state index contributed by atoms with van der Waals surface area (Å²) < 4.78 is 38.2. The van der Waals surface area contributed by atoms with E-state index in [2.05, 4.69) is 33.5 Å². The molecular formula is C33H45N5O7S. The molecule has 13 heteroatoms. The molecule has 2 aromatic rings. The summed E-state index contributed by atoms with van der Waals surface area (Å²) in [5, 5.41) is 4.24. The zero-order chi connectivity index (χ0) is 32.9. The van der Waals surface area contributed by atoms with Crippen molar-refractivity contribution in [1.29, 1.82) is 0 Å². The zero-order valence-corrected chi connectivity index (χ0v) is 28.2. The molecule has 4 fully saturated rings. The van der Waals surface area contributed by atoms with E-state index in [0.717, 1.165) is 18.2 Å².